The molecule has 1 aromatic rings. The fraction of sp³-hybridized carbons (Fsp3) is 0.684. The molecule has 2 fully saturated rings. The van der Waals surface area contributed by atoms with Gasteiger partial charge in [-0.15, -0.1) is 0 Å². The van der Waals surface area contributed by atoms with Crippen LogP contribution in [-0.4, -0.2) is 47.1 Å². The van der Waals surface area contributed by atoms with E-state index in [1.165, 1.54) is 12.8 Å². The summed E-state index contributed by atoms with van der Waals surface area (Å²) in [6.07, 6.45) is 5.69. The third kappa shape index (κ3) is 4.42. The molecule has 0 aromatic carbocycles. The Hall–Kier alpha value is -1.82. The number of hydrogen-bond acceptors (Lipinski definition) is 4. The lowest BCUT2D eigenvalue weighted by atomic mass is 9.85. The smallest absolute Gasteiger partial charge is 0.317 e. The van der Waals surface area contributed by atoms with Gasteiger partial charge in [0.15, 0.2) is 5.76 Å². The van der Waals surface area contributed by atoms with Crippen molar-refractivity contribution in [3.63, 3.8) is 0 Å². The largest absolute Gasteiger partial charge is 0.480 e. The number of carbonyl (C=O) groups is 2. The number of nitrogens with one attached hydrogen (secondary N) is 1. The van der Waals surface area contributed by atoms with Crippen molar-refractivity contribution in [3.8, 4) is 0 Å². The molecule has 0 atom stereocenters. The summed E-state index contributed by atoms with van der Waals surface area (Å²) in [5.74, 6) is 0.998. The standard InChI is InChI=1S/C19H28N2O4/c1-3-13-7-17(25-16(13)4-2)19(24)20-14-8-15(9-14)21(11-18(22)23)10-12-5-6-12/h7,12,14-15H,3-6,8-11H2,1-2H3,(H,20,24)(H,22,23). The molecule has 0 bridgehead atoms. The fourth-order valence-corrected chi connectivity index (χ4v) is 3.59. The van der Waals surface area contributed by atoms with E-state index < -0.39 is 5.97 Å². The Bertz CT molecular complexity index is 608. The second-order valence-corrected chi connectivity index (χ2v) is 7.33. The molecule has 1 heterocycles. The van der Waals surface area contributed by atoms with Gasteiger partial charge < -0.3 is 14.8 Å². The number of carboxylic acid groups (broad SMARTS) is 1. The molecule has 3 rings (SSSR count). The lowest BCUT2D eigenvalue weighted by molar-refractivity contribution is -0.139. The van der Waals surface area contributed by atoms with E-state index in [4.69, 9.17) is 9.52 Å². The van der Waals surface area contributed by atoms with E-state index in [-0.39, 0.29) is 24.5 Å². The number of carboxylic acids is 1. The van der Waals surface area contributed by atoms with Gasteiger partial charge >= 0.3 is 5.97 Å². The van der Waals surface area contributed by atoms with Gasteiger partial charge in [0.05, 0.1) is 6.54 Å². The lowest BCUT2D eigenvalue weighted by Gasteiger charge is -2.42. The molecule has 1 amide bonds. The zero-order valence-corrected chi connectivity index (χ0v) is 15.1. The van der Waals surface area contributed by atoms with Crippen LogP contribution in [0.3, 0.4) is 0 Å². The van der Waals surface area contributed by atoms with Crippen LogP contribution in [0.2, 0.25) is 0 Å². The molecule has 138 valence electrons. The summed E-state index contributed by atoms with van der Waals surface area (Å²) >= 11 is 0. The zero-order chi connectivity index (χ0) is 18.0. The molecule has 2 aliphatic rings. The maximum atomic E-state index is 12.4. The van der Waals surface area contributed by atoms with Crippen LogP contribution in [0, 0.1) is 5.92 Å². The molecule has 0 saturated heterocycles. The Morgan fingerprint density at radius 3 is 2.52 bits per heavy atom. The first-order chi connectivity index (χ1) is 12.0. The third-order valence-corrected chi connectivity index (χ3v) is 5.32. The van der Waals surface area contributed by atoms with Crippen LogP contribution >= 0.6 is 0 Å². The third-order valence-electron chi connectivity index (χ3n) is 5.32. The Kier molecular flexibility index (Phi) is 5.47. The van der Waals surface area contributed by atoms with Crippen molar-refractivity contribution in [2.75, 3.05) is 13.1 Å². The molecule has 2 N–H and O–H groups in total. The number of hydrogen-bond donors (Lipinski definition) is 2. The van der Waals surface area contributed by atoms with Crippen LogP contribution in [-0.2, 0) is 17.6 Å². The summed E-state index contributed by atoms with van der Waals surface area (Å²) in [7, 11) is 0. The summed E-state index contributed by atoms with van der Waals surface area (Å²) in [4.78, 5) is 25.5. The summed E-state index contributed by atoms with van der Waals surface area (Å²) in [5.41, 5.74) is 1.09. The van der Waals surface area contributed by atoms with E-state index in [1.54, 1.807) is 0 Å². The van der Waals surface area contributed by atoms with Crippen molar-refractivity contribution < 1.29 is 19.1 Å². The van der Waals surface area contributed by atoms with Gasteiger partial charge in [0.2, 0.25) is 0 Å². The number of nitrogens with zero attached hydrogens (tertiary/aromatic N) is 1. The Labute approximate surface area is 148 Å². The average molecular weight is 348 g/mol. The predicted octanol–water partition coefficient (Wildman–Crippen LogP) is 2.46. The summed E-state index contributed by atoms with van der Waals surface area (Å²) in [6, 6.07) is 2.21. The van der Waals surface area contributed by atoms with Gasteiger partial charge in [0, 0.05) is 25.0 Å². The number of amides is 1. The van der Waals surface area contributed by atoms with Crippen LogP contribution < -0.4 is 5.32 Å². The second kappa shape index (κ2) is 7.60. The van der Waals surface area contributed by atoms with Gasteiger partial charge in [-0.3, -0.25) is 14.5 Å². The minimum atomic E-state index is -0.775. The Morgan fingerprint density at radius 2 is 2.00 bits per heavy atom. The highest BCUT2D eigenvalue weighted by Crippen LogP contribution is 2.34. The molecule has 0 unspecified atom stereocenters. The summed E-state index contributed by atoms with van der Waals surface area (Å²) in [6.45, 7) is 5.04. The molecular weight excluding hydrogens is 320 g/mol. The van der Waals surface area contributed by atoms with Crippen molar-refractivity contribution in [1.82, 2.24) is 10.2 Å². The quantitative estimate of drug-likeness (QED) is 0.716. The van der Waals surface area contributed by atoms with Crippen LogP contribution in [0.15, 0.2) is 10.5 Å². The van der Waals surface area contributed by atoms with Crippen molar-refractivity contribution in [1.29, 1.82) is 0 Å². The van der Waals surface area contributed by atoms with Crippen molar-refractivity contribution >= 4 is 11.9 Å². The van der Waals surface area contributed by atoms with Crippen molar-refractivity contribution in [2.24, 2.45) is 5.92 Å². The van der Waals surface area contributed by atoms with E-state index in [9.17, 15) is 9.59 Å². The molecule has 2 saturated carbocycles. The number of carbonyl (C=O) groups excluding carboxylic acids is 1. The van der Waals surface area contributed by atoms with Crippen LogP contribution in [0.5, 0.6) is 0 Å². The number of aryl methyl sites for hydroxylation is 2. The number of aliphatic carboxylic acids is 1. The molecule has 0 radical (unpaired) electrons. The maximum absolute atomic E-state index is 12.4. The Balaban J connectivity index is 1.50. The zero-order valence-electron chi connectivity index (χ0n) is 15.1. The molecule has 0 aliphatic heterocycles. The number of rotatable bonds is 9. The SMILES string of the molecule is CCc1cc(C(=O)NC2CC(N(CC(=O)O)CC3CC3)C2)oc1CC. The van der Waals surface area contributed by atoms with Gasteiger partial charge in [0.1, 0.15) is 5.76 Å². The fourth-order valence-electron chi connectivity index (χ4n) is 3.59. The molecule has 2 aliphatic carbocycles. The lowest BCUT2D eigenvalue weighted by Crippen LogP contribution is -2.55. The first-order valence-electron chi connectivity index (χ1n) is 9.38. The van der Waals surface area contributed by atoms with Gasteiger partial charge in [-0.2, -0.15) is 0 Å². The minimum absolute atomic E-state index is 0.0970. The van der Waals surface area contributed by atoms with E-state index in [0.29, 0.717) is 11.7 Å². The van der Waals surface area contributed by atoms with Gasteiger partial charge in [0.25, 0.3) is 5.91 Å². The molecule has 6 nitrogen and oxygen atoms in total. The first kappa shape index (κ1) is 18.0. The topological polar surface area (TPSA) is 82.8 Å². The summed E-state index contributed by atoms with van der Waals surface area (Å²) in [5, 5.41) is 12.1. The van der Waals surface area contributed by atoms with Crippen molar-refractivity contribution in [3.05, 3.63) is 23.2 Å². The predicted molar refractivity (Wildman–Crippen MR) is 93.7 cm³/mol. The highest BCUT2D eigenvalue weighted by Gasteiger charge is 2.38. The summed E-state index contributed by atoms with van der Waals surface area (Å²) < 4.78 is 5.67. The Morgan fingerprint density at radius 1 is 1.28 bits per heavy atom. The van der Waals surface area contributed by atoms with Crippen LogP contribution in [0.1, 0.15) is 61.4 Å². The second-order valence-electron chi connectivity index (χ2n) is 7.33. The average Bonchev–Trinajstić information content (AvgIpc) is 3.24. The van der Waals surface area contributed by atoms with E-state index >= 15 is 0 Å². The van der Waals surface area contributed by atoms with E-state index in [1.807, 2.05) is 13.0 Å². The molecule has 25 heavy (non-hydrogen) atoms. The molecule has 6 heteroatoms. The monoisotopic (exact) mass is 348 g/mol. The molecule has 0 spiro atoms. The molecule has 1 aromatic heterocycles. The van der Waals surface area contributed by atoms with Crippen LogP contribution in [0.4, 0.5) is 0 Å². The molecular formula is C19H28N2O4. The van der Waals surface area contributed by atoms with Gasteiger partial charge in [-0.25, -0.2) is 0 Å². The normalized spacial score (nSPS) is 22.7. The van der Waals surface area contributed by atoms with Gasteiger partial charge in [-0.1, -0.05) is 13.8 Å². The van der Waals surface area contributed by atoms with Gasteiger partial charge in [-0.05, 0) is 49.7 Å². The maximum Gasteiger partial charge on any atom is 0.317 e. The first-order valence-corrected chi connectivity index (χ1v) is 9.38. The highest BCUT2D eigenvalue weighted by molar-refractivity contribution is 5.92. The minimum Gasteiger partial charge on any atom is -0.480 e. The van der Waals surface area contributed by atoms with E-state index in [0.717, 1.165) is 43.6 Å². The van der Waals surface area contributed by atoms with E-state index in [2.05, 4.69) is 17.1 Å². The van der Waals surface area contributed by atoms with Crippen molar-refractivity contribution in [2.45, 2.75) is 64.5 Å². The number of furan rings is 1. The highest BCUT2D eigenvalue weighted by atomic mass is 16.4. The van der Waals surface area contributed by atoms with Crippen LogP contribution in [0.25, 0.3) is 0 Å².